The molecule has 0 aromatic heterocycles. The third kappa shape index (κ3) is 3.16. The van der Waals surface area contributed by atoms with Crippen LogP contribution in [0.5, 0.6) is 0 Å². The maximum Gasteiger partial charge on any atom is 0.182 e. The van der Waals surface area contributed by atoms with Crippen LogP contribution in [0.3, 0.4) is 0 Å². The lowest BCUT2D eigenvalue weighted by Gasteiger charge is -2.23. The summed E-state index contributed by atoms with van der Waals surface area (Å²) in [7, 11) is 0. The second-order valence-corrected chi connectivity index (χ2v) is 7.09. The van der Waals surface area contributed by atoms with Gasteiger partial charge in [-0.3, -0.25) is 14.5 Å². The Morgan fingerprint density at radius 1 is 0.680 bits per heavy atom. The van der Waals surface area contributed by atoms with Gasteiger partial charge in [0.25, 0.3) is 0 Å². The number of Topliss-reactive ketones (excluding diaryl/α,β-unsaturated/α-hetero) is 2. The van der Waals surface area contributed by atoms with Gasteiger partial charge in [0.1, 0.15) is 0 Å². The zero-order chi connectivity index (χ0) is 17.2. The Hall–Kier alpha value is -2.26. The van der Waals surface area contributed by atoms with Crippen LogP contribution in [0.4, 0.5) is 0 Å². The Labute approximate surface area is 148 Å². The van der Waals surface area contributed by atoms with Crippen LogP contribution in [-0.2, 0) is 0 Å². The summed E-state index contributed by atoms with van der Waals surface area (Å²) in [4.78, 5) is 28.2. The Morgan fingerprint density at radius 2 is 1.12 bits per heavy atom. The van der Waals surface area contributed by atoms with Crippen molar-refractivity contribution in [3.8, 4) is 0 Å². The molecule has 1 saturated heterocycles. The summed E-state index contributed by atoms with van der Waals surface area (Å²) in [5.41, 5.74) is 1.41. The van der Waals surface area contributed by atoms with Crippen LogP contribution >= 0.6 is 0 Å². The van der Waals surface area contributed by atoms with Crippen LogP contribution in [0.1, 0.15) is 52.8 Å². The molecule has 3 heteroatoms. The first-order valence-corrected chi connectivity index (χ1v) is 9.23. The summed E-state index contributed by atoms with van der Waals surface area (Å²) in [6.45, 7) is 0. The molecular weight excluding hydrogens is 310 g/mol. The van der Waals surface area contributed by atoms with E-state index < -0.39 is 0 Å². The van der Waals surface area contributed by atoms with Gasteiger partial charge in [-0.25, -0.2) is 0 Å². The van der Waals surface area contributed by atoms with Gasteiger partial charge in [-0.1, -0.05) is 79.9 Å². The smallest absolute Gasteiger partial charge is 0.182 e. The quantitative estimate of drug-likeness (QED) is 0.610. The minimum Gasteiger partial charge on any atom is -0.292 e. The second kappa shape index (κ2) is 6.93. The highest BCUT2D eigenvalue weighted by atomic mass is 16.1. The maximum absolute atomic E-state index is 13.0. The van der Waals surface area contributed by atoms with Crippen molar-refractivity contribution < 1.29 is 9.59 Å². The molecule has 0 unspecified atom stereocenters. The van der Waals surface area contributed by atoms with Crippen LogP contribution in [0.15, 0.2) is 60.7 Å². The van der Waals surface area contributed by atoms with Gasteiger partial charge in [-0.05, 0) is 12.8 Å². The fraction of sp³-hybridized carbons (Fsp3) is 0.364. The van der Waals surface area contributed by atoms with E-state index in [1.807, 2.05) is 60.7 Å². The molecule has 0 radical (unpaired) electrons. The fourth-order valence-electron chi connectivity index (χ4n) is 4.19. The molecule has 4 rings (SSSR count). The SMILES string of the molecule is O=C(c1ccccc1)[C@@H]1[C@@H](C(=O)c2ccccc2)N1C1CCCCC1. The van der Waals surface area contributed by atoms with Crippen molar-refractivity contribution in [1.29, 1.82) is 0 Å². The fourth-order valence-corrected chi connectivity index (χ4v) is 4.19. The van der Waals surface area contributed by atoms with E-state index in [9.17, 15) is 9.59 Å². The summed E-state index contributed by atoms with van der Waals surface area (Å²) >= 11 is 0. The zero-order valence-corrected chi connectivity index (χ0v) is 14.3. The van der Waals surface area contributed by atoms with Crippen molar-refractivity contribution in [2.24, 2.45) is 0 Å². The zero-order valence-electron chi connectivity index (χ0n) is 14.3. The first-order valence-electron chi connectivity index (χ1n) is 9.23. The minimum atomic E-state index is -0.293. The van der Waals surface area contributed by atoms with Crippen LogP contribution in [-0.4, -0.2) is 34.6 Å². The molecule has 1 saturated carbocycles. The van der Waals surface area contributed by atoms with Crippen molar-refractivity contribution in [1.82, 2.24) is 4.90 Å². The van der Waals surface area contributed by atoms with Gasteiger partial charge in [0.15, 0.2) is 11.6 Å². The molecule has 2 atom stereocenters. The summed E-state index contributed by atoms with van der Waals surface area (Å²) in [5, 5.41) is 0. The molecule has 2 fully saturated rings. The van der Waals surface area contributed by atoms with Gasteiger partial charge < -0.3 is 0 Å². The maximum atomic E-state index is 13.0. The predicted molar refractivity (Wildman–Crippen MR) is 97.8 cm³/mol. The summed E-state index contributed by atoms with van der Waals surface area (Å²) < 4.78 is 0. The number of hydrogen-bond acceptors (Lipinski definition) is 3. The highest BCUT2D eigenvalue weighted by molar-refractivity contribution is 6.12. The third-order valence-electron chi connectivity index (χ3n) is 5.50. The average molecular weight is 333 g/mol. The van der Waals surface area contributed by atoms with Crippen molar-refractivity contribution in [2.45, 2.75) is 50.2 Å². The molecule has 25 heavy (non-hydrogen) atoms. The largest absolute Gasteiger partial charge is 0.292 e. The summed E-state index contributed by atoms with van der Waals surface area (Å²) in [5.74, 6) is 0.168. The van der Waals surface area contributed by atoms with E-state index in [1.54, 1.807) is 0 Å². The number of rotatable bonds is 5. The molecule has 2 aliphatic rings. The normalized spacial score (nSPS) is 26.2. The second-order valence-electron chi connectivity index (χ2n) is 7.09. The van der Waals surface area contributed by atoms with E-state index >= 15 is 0 Å². The van der Waals surface area contributed by atoms with Crippen LogP contribution in [0, 0.1) is 0 Å². The molecule has 0 spiro atoms. The lowest BCUT2D eigenvalue weighted by atomic mass is 9.95. The first-order chi connectivity index (χ1) is 12.3. The highest BCUT2D eigenvalue weighted by Gasteiger charge is 2.59. The Balaban J connectivity index is 1.60. The van der Waals surface area contributed by atoms with Crippen molar-refractivity contribution in [2.75, 3.05) is 0 Å². The van der Waals surface area contributed by atoms with Gasteiger partial charge in [0.2, 0.25) is 0 Å². The van der Waals surface area contributed by atoms with Gasteiger partial charge in [-0.2, -0.15) is 0 Å². The van der Waals surface area contributed by atoms with Gasteiger partial charge in [0, 0.05) is 17.2 Å². The van der Waals surface area contributed by atoms with Gasteiger partial charge >= 0.3 is 0 Å². The van der Waals surface area contributed by atoms with E-state index in [2.05, 4.69) is 4.90 Å². The topological polar surface area (TPSA) is 37.1 Å². The molecule has 0 N–H and O–H groups in total. The molecule has 128 valence electrons. The third-order valence-corrected chi connectivity index (χ3v) is 5.50. The predicted octanol–water partition coefficient (Wildman–Crippen LogP) is 4.14. The van der Waals surface area contributed by atoms with E-state index in [0.29, 0.717) is 17.2 Å². The molecule has 2 aromatic rings. The van der Waals surface area contributed by atoms with E-state index in [0.717, 1.165) is 12.8 Å². The number of benzene rings is 2. The molecule has 0 amide bonds. The van der Waals surface area contributed by atoms with Crippen LogP contribution in [0.2, 0.25) is 0 Å². The average Bonchev–Trinajstić information content (AvgIpc) is 3.44. The standard InChI is InChI=1S/C22H23NO2/c24-21(16-10-4-1-5-11-16)19-20(22(25)17-12-6-2-7-13-17)23(19)18-14-8-3-9-15-18/h1-2,4-7,10-13,18-20H,3,8-9,14-15H2/t19-,20-/m0/s1. The summed E-state index contributed by atoms with van der Waals surface area (Å²) in [6.07, 6.45) is 5.84. The van der Waals surface area contributed by atoms with Crippen LogP contribution in [0.25, 0.3) is 0 Å². The number of hydrogen-bond donors (Lipinski definition) is 0. The van der Waals surface area contributed by atoms with Gasteiger partial charge in [0.05, 0.1) is 12.1 Å². The first kappa shape index (κ1) is 16.2. The number of ketones is 2. The van der Waals surface area contributed by atoms with E-state index in [-0.39, 0.29) is 23.7 Å². The molecule has 0 bridgehead atoms. The number of nitrogens with zero attached hydrogens (tertiary/aromatic N) is 1. The van der Waals surface area contributed by atoms with Crippen LogP contribution < -0.4 is 0 Å². The molecule has 1 heterocycles. The Bertz CT molecular complexity index is 693. The number of carbonyl (C=O) groups excluding carboxylic acids is 2. The van der Waals surface area contributed by atoms with E-state index in [1.165, 1.54) is 19.3 Å². The van der Waals surface area contributed by atoms with Crippen molar-refractivity contribution in [3.05, 3.63) is 71.8 Å². The Morgan fingerprint density at radius 3 is 1.56 bits per heavy atom. The van der Waals surface area contributed by atoms with Crippen molar-refractivity contribution >= 4 is 11.6 Å². The van der Waals surface area contributed by atoms with Crippen molar-refractivity contribution in [3.63, 3.8) is 0 Å². The molecule has 1 aliphatic carbocycles. The minimum absolute atomic E-state index is 0.0838. The van der Waals surface area contributed by atoms with Gasteiger partial charge in [-0.15, -0.1) is 0 Å². The summed E-state index contributed by atoms with van der Waals surface area (Å²) in [6, 6.07) is 18.5. The monoisotopic (exact) mass is 333 g/mol. The lowest BCUT2D eigenvalue weighted by Crippen LogP contribution is -2.27. The molecule has 1 aliphatic heterocycles. The molecular formula is C22H23NO2. The van der Waals surface area contributed by atoms with E-state index in [4.69, 9.17) is 0 Å². The highest BCUT2D eigenvalue weighted by Crippen LogP contribution is 2.40. The Kier molecular flexibility index (Phi) is 4.50. The molecule has 2 aromatic carbocycles. The number of carbonyl (C=O) groups is 2. The lowest BCUT2D eigenvalue weighted by molar-refractivity contribution is 0.0948. The molecule has 3 nitrogen and oxygen atoms in total.